The second kappa shape index (κ2) is 7.23. The van der Waals surface area contributed by atoms with Gasteiger partial charge in [0.1, 0.15) is 5.69 Å². The van der Waals surface area contributed by atoms with Crippen LogP contribution in [0.1, 0.15) is 43.7 Å². The van der Waals surface area contributed by atoms with E-state index < -0.39 is 5.91 Å². The molecule has 1 atom stereocenters. The summed E-state index contributed by atoms with van der Waals surface area (Å²) in [5.41, 5.74) is 8.68. The molecule has 0 unspecified atom stereocenters. The van der Waals surface area contributed by atoms with Crippen LogP contribution in [0.2, 0.25) is 0 Å². The van der Waals surface area contributed by atoms with Crippen LogP contribution in [0, 0.1) is 6.92 Å². The van der Waals surface area contributed by atoms with E-state index in [1.165, 1.54) is 12.3 Å². The molecule has 0 aliphatic carbocycles. The van der Waals surface area contributed by atoms with Crippen LogP contribution in [0.4, 0.5) is 0 Å². The van der Waals surface area contributed by atoms with Gasteiger partial charge in [0.25, 0.3) is 5.91 Å². The summed E-state index contributed by atoms with van der Waals surface area (Å²) in [6.45, 7) is 2.01. The number of benzene rings is 1. The zero-order valence-electron chi connectivity index (χ0n) is 14.6. The Hall–Kier alpha value is -3.41. The fraction of sp³-hybridized carbons (Fsp3) is 0.150. The maximum atomic E-state index is 13.0. The molecule has 26 heavy (non-hydrogen) atoms. The second-order valence-electron chi connectivity index (χ2n) is 6.15. The Morgan fingerprint density at radius 1 is 1.15 bits per heavy atom. The highest BCUT2D eigenvalue weighted by Crippen LogP contribution is 2.27. The molecular weight excluding hydrogens is 328 g/mol. The van der Waals surface area contributed by atoms with Gasteiger partial charge in [-0.2, -0.15) is 0 Å². The number of aromatic nitrogens is 2. The van der Waals surface area contributed by atoms with Gasteiger partial charge in [-0.3, -0.25) is 14.6 Å². The lowest BCUT2D eigenvalue weighted by Crippen LogP contribution is -2.32. The van der Waals surface area contributed by atoms with Crippen LogP contribution in [-0.4, -0.2) is 33.7 Å². The summed E-state index contributed by atoms with van der Waals surface area (Å²) in [6, 6.07) is 14.7. The Labute approximate surface area is 151 Å². The standard InChI is InChI=1S/C20H20N4O2/c1-13-6-8-14(9-7-13)18(16-5-3-4-10-22-16)24(2)20(26)17-11-15(12-23-17)19(21)25/h3-12,18,23H,1-2H3,(H2,21,25)/t18-/m1/s1. The lowest BCUT2D eigenvalue weighted by Gasteiger charge is -2.28. The number of aromatic amines is 1. The Morgan fingerprint density at radius 2 is 1.88 bits per heavy atom. The van der Waals surface area contributed by atoms with Crippen LogP contribution < -0.4 is 5.73 Å². The van der Waals surface area contributed by atoms with Gasteiger partial charge in [-0.15, -0.1) is 0 Å². The summed E-state index contributed by atoms with van der Waals surface area (Å²) >= 11 is 0. The highest BCUT2D eigenvalue weighted by atomic mass is 16.2. The van der Waals surface area contributed by atoms with Crippen molar-refractivity contribution in [1.29, 1.82) is 0 Å². The van der Waals surface area contributed by atoms with Gasteiger partial charge < -0.3 is 15.6 Å². The first-order chi connectivity index (χ1) is 12.5. The van der Waals surface area contributed by atoms with Crippen molar-refractivity contribution >= 4 is 11.8 Å². The third kappa shape index (κ3) is 3.49. The zero-order chi connectivity index (χ0) is 18.7. The van der Waals surface area contributed by atoms with E-state index in [2.05, 4.69) is 9.97 Å². The number of nitrogens with two attached hydrogens (primary N) is 1. The van der Waals surface area contributed by atoms with Crippen molar-refractivity contribution in [2.75, 3.05) is 7.05 Å². The van der Waals surface area contributed by atoms with Gasteiger partial charge in [0.05, 0.1) is 17.3 Å². The molecule has 132 valence electrons. The zero-order valence-corrected chi connectivity index (χ0v) is 14.6. The second-order valence-corrected chi connectivity index (χ2v) is 6.15. The molecule has 0 spiro atoms. The monoisotopic (exact) mass is 348 g/mol. The van der Waals surface area contributed by atoms with Gasteiger partial charge in [-0.1, -0.05) is 35.9 Å². The molecule has 0 aliphatic rings. The summed E-state index contributed by atoms with van der Waals surface area (Å²) in [4.78, 5) is 33.1. The van der Waals surface area contributed by atoms with Crippen molar-refractivity contribution < 1.29 is 9.59 Å². The molecule has 3 rings (SSSR count). The number of hydrogen-bond acceptors (Lipinski definition) is 3. The minimum Gasteiger partial charge on any atom is -0.366 e. The molecule has 0 aliphatic heterocycles. The molecule has 0 saturated heterocycles. The van der Waals surface area contributed by atoms with E-state index in [1.807, 2.05) is 49.4 Å². The van der Waals surface area contributed by atoms with Gasteiger partial charge in [-0.05, 0) is 30.7 Å². The number of nitrogens with zero attached hydrogens (tertiary/aromatic N) is 2. The van der Waals surface area contributed by atoms with Gasteiger partial charge in [0.2, 0.25) is 5.91 Å². The van der Waals surface area contributed by atoms with Crippen LogP contribution in [0.25, 0.3) is 0 Å². The van der Waals surface area contributed by atoms with E-state index in [0.717, 1.165) is 16.8 Å². The van der Waals surface area contributed by atoms with E-state index in [-0.39, 0.29) is 17.5 Å². The number of H-pyrrole nitrogens is 1. The maximum Gasteiger partial charge on any atom is 0.270 e. The first kappa shape index (κ1) is 17.4. The van der Waals surface area contributed by atoms with E-state index in [4.69, 9.17) is 5.73 Å². The van der Waals surface area contributed by atoms with Crippen LogP contribution in [0.3, 0.4) is 0 Å². The first-order valence-corrected chi connectivity index (χ1v) is 8.20. The van der Waals surface area contributed by atoms with Crippen LogP contribution in [-0.2, 0) is 0 Å². The molecule has 6 nitrogen and oxygen atoms in total. The molecule has 0 fully saturated rings. The molecule has 3 aromatic rings. The van der Waals surface area contributed by atoms with Crippen LogP contribution >= 0.6 is 0 Å². The van der Waals surface area contributed by atoms with Gasteiger partial charge in [-0.25, -0.2) is 0 Å². The summed E-state index contributed by atoms with van der Waals surface area (Å²) in [6.07, 6.45) is 3.14. The van der Waals surface area contributed by atoms with Crippen molar-refractivity contribution in [2.24, 2.45) is 5.73 Å². The minimum atomic E-state index is -0.581. The van der Waals surface area contributed by atoms with Gasteiger partial charge in [0, 0.05) is 19.4 Å². The van der Waals surface area contributed by atoms with E-state index in [1.54, 1.807) is 18.1 Å². The Kier molecular flexibility index (Phi) is 4.84. The van der Waals surface area contributed by atoms with Crippen molar-refractivity contribution in [1.82, 2.24) is 14.9 Å². The number of rotatable bonds is 5. The number of pyridine rings is 1. The predicted octanol–water partition coefficient (Wildman–Crippen LogP) is 2.68. The third-order valence-corrected chi connectivity index (χ3v) is 4.27. The molecule has 2 aromatic heterocycles. The Bertz CT molecular complexity index is 916. The number of hydrogen-bond donors (Lipinski definition) is 2. The average molecular weight is 348 g/mol. The van der Waals surface area contributed by atoms with Crippen molar-refractivity contribution in [3.05, 3.63) is 89.0 Å². The quantitative estimate of drug-likeness (QED) is 0.742. The summed E-state index contributed by atoms with van der Waals surface area (Å²) in [5, 5.41) is 0. The molecule has 6 heteroatoms. The molecule has 0 radical (unpaired) electrons. The molecular formula is C20H20N4O2. The molecule has 3 N–H and O–H groups in total. The van der Waals surface area contributed by atoms with Crippen molar-refractivity contribution in [2.45, 2.75) is 13.0 Å². The Morgan fingerprint density at radius 3 is 2.46 bits per heavy atom. The number of aryl methyl sites for hydroxylation is 1. The van der Waals surface area contributed by atoms with Gasteiger partial charge in [0.15, 0.2) is 0 Å². The summed E-state index contributed by atoms with van der Waals surface area (Å²) in [7, 11) is 1.71. The minimum absolute atomic E-state index is 0.256. The number of primary amides is 1. The number of amides is 2. The van der Waals surface area contributed by atoms with Crippen LogP contribution in [0.5, 0.6) is 0 Å². The lowest BCUT2D eigenvalue weighted by atomic mass is 10.00. The fourth-order valence-electron chi connectivity index (χ4n) is 2.85. The molecule has 0 bridgehead atoms. The Balaban J connectivity index is 1.98. The number of carbonyl (C=O) groups is 2. The van der Waals surface area contributed by atoms with Gasteiger partial charge >= 0.3 is 0 Å². The highest BCUT2D eigenvalue weighted by molar-refractivity contribution is 5.98. The van der Waals surface area contributed by atoms with E-state index in [9.17, 15) is 9.59 Å². The van der Waals surface area contributed by atoms with Crippen LogP contribution in [0.15, 0.2) is 60.9 Å². The van der Waals surface area contributed by atoms with Crippen molar-refractivity contribution in [3.63, 3.8) is 0 Å². The largest absolute Gasteiger partial charge is 0.366 e. The summed E-state index contributed by atoms with van der Waals surface area (Å²) < 4.78 is 0. The normalized spacial score (nSPS) is 11.8. The highest BCUT2D eigenvalue weighted by Gasteiger charge is 2.26. The van der Waals surface area contributed by atoms with E-state index in [0.29, 0.717) is 5.69 Å². The molecule has 0 saturated carbocycles. The third-order valence-electron chi connectivity index (χ3n) is 4.27. The average Bonchev–Trinajstić information content (AvgIpc) is 3.14. The topological polar surface area (TPSA) is 92.1 Å². The summed E-state index contributed by atoms with van der Waals surface area (Å²) in [5.74, 6) is -0.837. The number of nitrogens with one attached hydrogen (secondary N) is 1. The lowest BCUT2D eigenvalue weighted by molar-refractivity contribution is 0.0747. The smallest absolute Gasteiger partial charge is 0.270 e. The first-order valence-electron chi connectivity index (χ1n) is 8.20. The maximum absolute atomic E-state index is 13.0. The molecule has 1 aromatic carbocycles. The van der Waals surface area contributed by atoms with E-state index >= 15 is 0 Å². The fourth-order valence-corrected chi connectivity index (χ4v) is 2.85. The van der Waals surface area contributed by atoms with Crippen molar-refractivity contribution in [3.8, 4) is 0 Å². The predicted molar refractivity (Wildman–Crippen MR) is 98.7 cm³/mol. The molecule has 2 amide bonds. The SMILES string of the molecule is Cc1ccc([C@H](c2ccccn2)N(C)C(=O)c2cc(C(N)=O)c[nH]2)cc1. The molecule has 2 heterocycles. The number of carbonyl (C=O) groups excluding carboxylic acids is 2.